The van der Waals surface area contributed by atoms with E-state index in [4.69, 9.17) is 0 Å². The first-order valence-corrected chi connectivity index (χ1v) is 8.55. The second-order valence-electron chi connectivity index (χ2n) is 5.03. The molecule has 0 atom stereocenters. The number of nitrogens with zero attached hydrogens (tertiary/aromatic N) is 3. The summed E-state index contributed by atoms with van der Waals surface area (Å²) in [5, 5.41) is 8.64. The van der Waals surface area contributed by atoms with Crippen LogP contribution in [0.1, 0.15) is 44.1 Å². The minimum Gasteiger partial charge on any atom is -0.337 e. The van der Waals surface area contributed by atoms with Crippen molar-refractivity contribution in [2.24, 2.45) is 0 Å². The van der Waals surface area contributed by atoms with Crippen LogP contribution in [0.4, 0.5) is 0 Å². The van der Waals surface area contributed by atoms with E-state index in [1.54, 1.807) is 11.3 Å². The van der Waals surface area contributed by atoms with Gasteiger partial charge in [0.2, 0.25) is 0 Å². The third-order valence-corrected chi connectivity index (χ3v) is 4.07. The van der Waals surface area contributed by atoms with E-state index in [1.807, 2.05) is 28.0 Å². The first-order valence-electron chi connectivity index (χ1n) is 7.60. The zero-order valence-electron chi connectivity index (χ0n) is 13.0. The molecule has 0 fully saturated rings. The second-order valence-corrected chi connectivity index (χ2v) is 5.81. The molecule has 114 valence electrons. The summed E-state index contributed by atoms with van der Waals surface area (Å²) in [5.74, 6) is 0.0439. The highest BCUT2D eigenvalue weighted by Gasteiger charge is 2.19. The van der Waals surface area contributed by atoms with Gasteiger partial charge in [-0.2, -0.15) is 16.4 Å². The Kier molecular flexibility index (Phi) is 5.56. The van der Waals surface area contributed by atoms with Gasteiger partial charge in [0.15, 0.2) is 5.69 Å². The van der Waals surface area contributed by atoms with E-state index in [2.05, 4.69) is 30.4 Å². The number of amides is 1. The second kappa shape index (κ2) is 7.41. The number of rotatable bonds is 7. The molecule has 0 aliphatic heterocycles. The topological polar surface area (TPSA) is 38.1 Å². The summed E-state index contributed by atoms with van der Waals surface area (Å²) in [6.07, 6.45) is 1.94. The number of hydrogen-bond acceptors (Lipinski definition) is 3. The fourth-order valence-corrected chi connectivity index (χ4v) is 3.07. The minimum absolute atomic E-state index is 0.0439. The molecule has 0 aliphatic rings. The van der Waals surface area contributed by atoms with Gasteiger partial charge in [-0.15, -0.1) is 0 Å². The number of aromatic nitrogens is 2. The molecule has 2 aromatic rings. The third-order valence-electron chi connectivity index (χ3n) is 3.39. The Bertz CT molecular complexity index is 568. The van der Waals surface area contributed by atoms with E-state index < -0.39 is 0 Å². The Balaban J connectivity index is 2.29. The molecule has 0 bridgehead atoms. The molecule has 2 aromatic heterocycles. The molecule has 4 nitrogen and oxygen atoms in total. The molecule has 2 rings (SSSR count). The van der Waals surface area contributed by atoms with Crippen LogP contribution in [0.5, 0.6) is 0 Å². The van der Waals surface area contributed by atoms with E-state index >= 15 is 0 Å². The lowest BCUT2D eigenvalue weighted by Gasteiger charge is -2.20. The van der Waals surface area contributed by atoms with Crippen molar-refractivity contribution in [3.63, 3.8) is 0 Å². The van der Waals surface area contributed by atoms with Crippen LogP contribution in [0, 0.1) is 0 Å². The molecule has 0 saturated carbocycles. The van der Waals surface area contributed by atoms with Crippen LogP contribution in [0.3, 0.4) is 0 Å². The van der Waals surface area contributed by atoms with Gasteiger partial charge in [0, 0.05) is 30.6 Å². The van der Waals surface area contributed by atoms with E-state index in [0.29, 0.717) is 5.69 Å². The predicted octanol–water partition coefficient (Wildman–Crippen LogP) is 3.89. The zero-order chi connectivity index (χ0) is 15.2. The lowest BCUT2D eigenvalue weighted by atomic mass is 10.2. The molecule has 21 heavy (non-hydrogen) atoms. The first kappa shape index (κ1) is 15.8. The monoisotopic (exact) mass is 305 g/mol. The van der Waals surface area contributed by atoms with E-state index in [0.717, 1.165) is 43.7 Å². The van der Waals surface area contributed by atoms with Gasteiger partial charge in [-0.05, 0) is 37.3 Å². The smallest absolute Gasteiger partial charge is 0.274 e. The maximum absolute atomic E-state index is 12.6. The molecule has 0 aromatic carbocycles. The number of hydrogen-bond donors (Lipinski definition) is 0. The predicted molar refractivity (Wildman–Crippen MR) is 87.7 cm³/mol. The largest absolute Gasteiger partial charge is 0.337 e. The molecule has 0 spiro atoms. The first-order chi connectivity index (χ1) is 10.2. The van der Waals surface area contributed by atoms with Crippen molar-refractivity contribution < 1.29 is 4.79 Å². The van der Waals surface area contributed by atoms with Crippen LogP contribution in [0.15, 0.2) is 22.9 Å². The average molecular weight is 305 g/mol. The average Bonchev–Trinajstić information content (AvgIpc) is 3.14. The van der Waals surface area contributed by atoms with Crippen molar-refractivity contribution in [2.45, 2.75) is 40.2 Å². The molecule has 0 unspecified atom stereocenters. The number of thiophene rings is 1. The molecule has 2 heterocycles. The zero-order valence-corrected chi connectivity index (χ0v) is 13.8. The van der Waals surface area contributed by atoms with Crippen molar-refractivity contribution in [1.82, 2.24) is 14.7 Å². The molecular formula is C16H23N3OS. The Labute approximate surface area is 130 Å². The van der Waals surface area contributed by atoms with Crippen molar-refractivity contribution in [1.29, 1.82) is 0 Å². The van der Waals surface area contributed by atoms with Gasteiger partial charge < -0.3 is 4.90 Å². The van der Waals surface area contributed by atoms with Crippen molar-refractivity contribution in [2.75, 3.05) is 13.1 Å². The highest BCUT2D eigenvalue weighted by Crippen LogP contribution is 2.23. The SMILES string of the molecule is CCCN(CCC)C(=O)c1cc(-c2ccsc2)n(CC)n1. The van der Waals surface area contributed by atoms with Gasteiger partial charge in [-0.1, -0.05) is 13.8 Å². The highest BCUT2D eigenvalue weighted by atomic mass is 32.1. The molecular weight excluding hydrogens is 282 g/mol. The highest BCUT2D eigenvalue weighted by molar-refractivity contribution is 7.08. The Morgan fingerprint density at radius 1 is 1.29 bits per heavy atom. The summed E-state index contributed by atoms with van der Waals surface area (Å²) in [6.45, 7) is 8.58. The molecule has 0 radical (unpaired) electrons. The van der Waals surface area contributed by atoms with Crippen LogP contribution >= 0.6 is 11.3 Å². The lowest BCUT2D eigenvalue weighted by molar-refractivity contribution is 0.0748. The quantitative estimate of drug-likeness (QED) is 0.778. The van der Waals surface area contributed by atoms with Crippen molar-refractivity contribution in [3.05, 3.63) is 28.6 Å². The van der Waals surface area contributed by atoms with Gasteiger partial charge >= 0.3 is 0 Å². The van der Waals surface area contributed by atoms with Crippen LogP contribution in [-0.4, -0.2) is 33.7 Å². The molecule has 0 N–H and O–H groups in total. The number of carbonyl (C=O) groups excluding carboxylic acids is 1. The van der Waals surface area contributed by atoms with E-state index in [9.17, 15) is 4.79 Å². The summed E-state index contributed by atoms with van der Waals surface area (Å²) in [4.78, 5) is 14.5. The standard InChI is InChI=1S/C16H23N3OS/c1-4-8-18(9-5-2)16(20)14-11-15(19(6-3)17-14)13-7-10-21-12-13/h7,10-12H,4-6,8-9H2,1-3H3. The number of aryl methyl sites for hydroxylation is 1. The molecule has 0 saturated heterocycles. The summed E-state index contributed by atoms with van der Waals surface area (Å²) in [5.41, 5.74) is 2.71. The van der Waals surface area contributed by atoms with Gasteiger partial charge in [-0.3, -0.25) is 9.48 Å². The van der Waals surface area contributed by atoms with Crippen LogP contribution in [-0.2, 0) is 6.54 Å². The van der Waals surface area contributed by atoms with Gasteiger partial charge in [0.05, 0.1) is 5.69 Å². The maximum atomic E-state index is 12.6. The Morgan fingerprint density at radius 3 is 2.52 bits per heavy atom. The molecule has 5 heteroatoms. The summed E-state index contributed by atoms with van der Waals surface area (Å²) < 4.78 is 1.91. The van der Waals surface area contributed by atoms with E-state index in [-0.39, 0.29) is 5.91 Å². The van der Waals surface area contributed by atoms with Gasteiger partial charge in [0.25, 0.3) is 5.91 Å². The van der Waals surface area contributed by atoms with E-state index in [1.165, 1.54) is 0 Å². The van der Waals surface area contributed by atoms with Gasteiger partial charge in [-0.25, -0.2) is 0 Å². The Hall–Kier alpha value is -1.62. The van der Waals surface area contributed by atoms with Crippen molar-refractivity contribution in [3.8, 4) is 11.3 Å². The number of carbonyl (C=O) groups is 1. The molecule has 1 amide bonds. The lowest BCUT2D eigenvalue weighted by Crippen LogP contribution is -2.32. The summed E-state index contributed by atoms with van der Waals surface area (Å²) >= 11 is 1.66. The van der Waals surface area contributed by atoms with Crippen LogP contribution in [0.2, 0.25) is 0 Å². The van der Waals surface area contributed by atoms with Gasteiger partial charge in [0.1, 0.15) is 0 Å². The fourth-order valence-electron chi connectivity index (χ4n) is 2.42. The van der Waals surface area contributed by atoms with Crippen LogP contribution < -0.4 is 0 Å². The third kappa shape index (κ3) is 3.53. The normalized spacial score (nSPS) is 10.8. The summed E-state index contributed by atoms with van der Waals surface area (Å²) in [6, 6.07) is 3.99. The van der Waals surface area contributed by atoms with Crippen LogP contribution in [0.25, 0.3) is 11.3 Å². The Morgan fingerprint density at radius 2 is 2.00 bits per heavy atom. The molecule has 0 aliphatic carbocycles. The summed E-state index contributed by atoms with van der Waals surface area (Å²) in [7, 11) is 0. The maximum Gasteiger partial charge on any atom is 0.274 e. The minimum atomic E-state index is 0.0439. The van der Waals surface area contributed by atoms with Crippen molar-refractivity contribution >= 4 is 17.2 Å². The fraction of sp³-hybridized carbons (Fsp3) is 0.500.